The maximum Gasteiger partial charge on any atom is 0.119 e. The minimum atomic E-state index is -0.0239. The third kappa shape index (κ3) is 5.80. The van der Waals surface area contributed by atoms with Gasteiger partial charge in [-0.15, -0.1) is 0 Å². The van der Waals surface area contributed by atoms with Crippen molar-refractivity contribution in [1.29, 1.82) is 0 Å². The van der Waals surface area contributed by atoms with Crippen molar-refractivity contribution in [2.45, 2.75) is 37.4 Å². The molecule has 1 aliphatic rings. The number of methoxy groups -OCH3 is 1. The lowest BCUT2D eigenvalue weighted by atomic mass is 9.75. The van der Waals surface area contributed by atoms with Crippen LogP contribution in [0.1, 0.15) is 42.1 Å². The molecule has 33 heavy (non-hydrogen) atoms. The second kappa shape index (κ2) is 11.0. The van der Waals surface area contributed by atoms with Crippen molar-refractivity contribution in [3.05, 3.63) is 65.1 Å². The van der Waals surface area contributed by atoms with Gasteiger partial charge < -0.3 is 14.7 Å². The van der Waals surface area contributed by atoms with Crippen molar-refractivity contribution in [2.75, 3.05) is 33.4 Å². The maximum absolute atomic E-state index is 10.3. The third-order valence-corrected chi connectivity index (χ3v) is 7.81. The first-order valence-corrected chi connectivity index (χ1v) is 12.5. The molecule has 1 N–H and O–H groups in total. The van der Waals surface area contributed by atoms with Gasteiger partial charge in [-0.3, -0.25) is 9.97 Å². The van der Waals surface area contributed by atoms with Crippen LogP contribution in [0.15, 0.2) is 48.9 Å². The van der Waals surface area contributed by atoms with Gasteiger partial charge in [0.25, 0.3) is 0 Å². The summed E-state index contributed by atoms with van der Waals surface area (Å²) in [6, 6.07) is 9.94. The van der Waals surface area contributed by atoms with E-state index in [1.165, 1.54) is 0 Å². The molecule has 1 saturated heterocycles. The molecule has 0 bridgehead atoms. The van der Waals surface area contributed by atoms with Crippen LogP contribution in [0, 0.1) is 5.41 Å². The number of aliphatic hydroxyl groups is 1. The van der Waals surface area contributed by atoms with Gasteiger partial charge in [0, 0.05) is 42.4 Å². The normalized spacial score (nSPS) is 17.2. The van der Waals surface area contributed by atoms with E-state index in [2.05, 4.69) is 20.9 Å². The summed E-state index contributed by atoms with van der Waals surface area (Å²) in [5, 5.41) is 12.2. The molecule has 0 aliphatic carbocycles. The zero-order valence-corrected chi connectivity index (χ0v) is 20.7. The number of aromatic nitrogens is 2. The fraction of sp³-hybridized carbons (Fsp3) is 0.462. The number of hydrogen-bond acceptors (Lipinski definition) is 6. The average Bonchev–Trinajstić information content (AvgIpc) is 2.86. The van der Waals surface area contributed by atoms with Crippen molar-refractivity contribution < 1.29 is 9.84 Å². The third-order valence-electron chi connectivity index (χ3n) is 7.02. The molecule has 3 aromatic rings. The number of thiol groups is 1. The summed E-state index contributed by atoms with van der Waals surface area (Å²) in [7, 11) is 1.67. The Morgan fingerprint density at radius 1 is 1.24 bits per heavy atom. The number of ether oxygens (including phenoxy) is 1. The highest BCUT2D eigenvalue weighted by atomic mass is 35.5. The number of fused-ring (bicyclic) bond motifs is 1. The van der Waals surface area contributed by atoms with Crippen molar-refractivity contribution in [1.82, 2.24) is 14.9 Å². The minimum absolute atomic E-state index is 0.0239. The van der Waals surface area contributed by atoms with Gasteiger partial charge in [0.1, 0.15) is 5.75 Å². The largest absolute Gasteiger partial charge is 0.497 e. The number of piperidine rings is 1. The van der Waals surface area contributed by atoms with Gasteiger partial charge in [0.05, 0.1) is 17.6 Å². The Morgan fingerprint density at radius 2 is 2.06 bits per heavy atom. The molecular formula is C26H32ClN3O2S. The van der Waals surface area contributed by atoms with Gasteiger partial charge >= 0.3 is 0 Å². The number of likely N-dealkylation sites (tertiary alicyclic amines) is 1. The Bertz CT molecular complexity index is 1060. The smallest absolute Gasteiger partial charge is 0.119 e. The Kier molecular flexibility index (Phi) is 8.12. The van der Waals surface area contributed by atoms with Crippen LogP contribution in [0.2, 0.25) is 5.02 Å². The zero-order valence-electron chi connectivity index (χ0n) is 19.1. The topological polar surface area (TPSA) is 58.5 Å². The van der Waals surface area contributed by atoms with E-state index in [1.807, 2.05) is 30.5 Å². The van der Waals surface area contributed by atoms with Crippen LogP contribution in [-0.4, -0.2) is 53.3 Å². The van der Waals surface area contributed by atoms with Gasteiger partial charge in [-0.1, -0.05) is 17.7 Å². The number of nitrogens with zero attached hydrogens (tertiary/aromatic N) is 3. The maximum atomic E-state index is 10.3. The predicted octanol–water partition coefficient (Wildman–Crippen LogP) is 5.36. The van der Waals surface area contributed by atoms with E-state index in [0.29, 0.717) is 5.02 Å². The molecule has 0 saturated carbocycles. The molecule has 176 valence electrons. The Morgan fingerprint density at radius 3 is 2.76 bits per heavy atom. The lowest BCUT2D eigenvalue weighted by Crippen LogP contribution is -2.43. The summed E-state index contributed by atoms with van der Waals surface area (Å²) >= 11 is 11.3. The molecule has 7 heteroatoms. The van der Waals surface area contributed by atoms with Crippen LogP contribution in [0.4, 0.5) is 0 Å². The second-order valence-corrected chi connectivity index (χ2v) is 10.1. The molecule has 5 nitrogen and oxygen atoms in total. The van der Waals surface area contributed by atoms with Crippen molar-refractivity contribution in [2.24, 2.45) is 5.41 Å². The van der Waals surface area contributed by atoms with Crippen LogP contribution in [0.5, 0.6) is 5.75 Å². The van der Waals surface area contributed by atoms with Gasteiger partial charge in [-0.05, 0) is 86.0 Å². The Balaban J connectivity index is 1.35. The van der Waals surface area contributed by atoms with Crippen LogP contribution in [-0.2, 0) is 6.42 Å². The zero-order chi connectivity index (χ0) is 23.3. The summed E-state index contributed by atoms with van der Waals surface area (Å²) < 4.78 is 5.40. The fourth-order valence-electron chi connectivity index (χ4n) is 4.84. The summed E-state index contributed by atoms with van der Waals surface area (Å²) in [4.78, 5) is 11.1. The molecule has 0 radical (unpaired) electrons. The standard InChI is InChI=1S/C26H32ClN3O2S/c1-32-20-6-7-24-22(14-20)21(23(27)16-29-24)5-2-8-26(18-31)9-12-30(13-10-26)17-25(33)19-4-3-11-28-15-19/h3-4,6-7,11,14-16,25,31,33H,2,5,8-10,12-13,17-18H2,1H3. The first-order chi connectivity index (χ1) is 16.0. The molecule has 3 heterocycles. The van der Waals surface area contributed by atoms with Gasteiger partial charge in [-0.25, -0.2) is 0 Å². The van der Waals surface area contributed by atoms with Crippen molar-refractivity contribution in [3.63, 3.8) is 0 Å². The van der Waals surface area contributed by atoms with E-state index in [1.54, 1.807) is 19.5 Å². The molecule has 1 aromatic carbocycles. The van der Waals surface area contributed by atoms with Crippen LogP contribution >= 0.6 is 24.2 Å². The number of aryl methyl sites for hydroxylation is 1. The highest BCUT2D eigenvalue weighted by Crippen LogP contribution is 2.38. The van der Waals surface area contributed by atoms with E-state index in [0.717, 1.165) is 79.5 Å². The molecule has 1 atom stereocenters. The van der Waals surface area contributed by atoms with Crippen LogP contribution in [0.3, 0.4) is 0 Å². The van der Waals surface area contributed by atoms with E-state index < -0.39 is 0 Å². The van der Waals surface area contributed by atoms with E-state index in [9.17, 15) is 5.11 Å². The predicted molar refractivity (Wildman–Crippen MR) is 137 cm³/mol. The van der Waals surface area contributed by atoms with Gasteiger partial charge in [0.15, 0.2) is 0 Å². The summed E-state index contributed by atoms with van der Waals surface area (Å²) in [6.07, 6.45) is 10.2. The first kappa shape index (κ1) is 24.3. The van der Waals surface area contributed by atoms with Crippen molar-refractivity contribution in [3.8, 4) is 5.75 Å². The minimum Gasteiger partial charge on any atom is -0.497 e. The average molecular weight is 486 g/mol. The number of halogens is 1. The molecule has 2 aromatic heterocycles. The van der Waals surface area contributed by atoms with Gasteiger partial charge in [0.2, 0.25) is 0 Å². The highest BCUT2D eigenvalue weighted by Gasteiger charge is 2.34. The molecular weight excluding hydrogens is 454 g/mol. The van der Waals surface area contributed by atoms with Crippen molar-refractivity contribution >= 4 is 35.1 Å². The number of benzene rings is 1. The monoisotopic (exact) mass is 485 g/mol. The molecule has 1 unspecified atom stereocenters. The summed E-state index contributed by atoms with van der Waals surface area (Å²) in [5.74, 6) is 0.806. The number of hydrogen-bond donors (Lipinski definition) is 2. The van der Waals surface area contributed by atoms with Crippen LogP contribution < -0.4 is 4.74 Å². The van der Waals surface area contributed by atoms with E-state index >= 15 is 0 Å². The molecule has 0 amide bonds. The molecule has 1 fully saturated rings. The Hall–Kier alpha value is -1.86. The van der Waals surface area contributed by atoms with E-state index in [4.69, 9.17) is 29.0 Å². The highest BCUT2D eigenvalue weighted by molar-refractivity contribution is 7.80. The number of rotatable bonds is 9. The lowest BCUT2D eigenvalue weighted by Gasteiger charge is -2.41. The summed E-state index contributed by atoms with van der Waals surface area (Å²) in [6.45, 7) is 3.09. The summed E-state index contributed by atoms with van der Waals surface area (Å²) in [5.41, 5.74) is 3.16. The Labute approximate surface area is 206 Å². The fourth-order valence-corrected chi connectivity index (χ4v) is 5.47. The van der Waals surface area contributed by atoms with E-state index in [-0.39, 0.29) is 17.3 Å². The molecule has 1 aliphatic heterocycles. The quantitative estimate of drug-likeness (QED) is 0.399. The number of pyridine rings is 2. The second-order valence-electron chi connectivity index (χ2n) is 9.08. The van der Waals surface area contributed by atoms with Crippen LogP contribution in [0.25, 0.3) is 10.9 Å². The lowest BCUT2D eigenvalue weighted by molar-refractivity contribution is 0.0358. The SMILES string of the molecule is COc1ccc2ncc(Cl)c(CCCC3(CO)CCN(CC(S)c4cccnc4)CC3)c2c1. The first-order valence-electron chi connectivity index (χ1n) is 11.6. The molecule has 4 rings (SSSR count). The molecule has 0 spiro atoms. The number of aliphatic hydroxyl groups excluding tert-OH is 1. The van der Waals surface area contributed by atoms with Gasteiger partial charge in [-0.2, -0.15) is 12.6 Å².